The minimum Gasteiger partial charge on any atom is -0.472 e. The van der Waals surface area contributed by atoms with E-state index in [0.717, 1.165) is 30.4 Å². The fraction of sp³-hybridized carbons (Fsp3) is 0.615. The van der Waals surface area contributed by atoms with Crippen LogP contribution in [0.2, 0.25) is 0 Å². The maximum absolute atomic E-state index is 12.3. The summed E-state index contributed by atoms with van der Waals surface area (Å²) in [5.74, 6) is 1.72. The Labute approximate surface area is 101 Å². The van der Waals surface area contributed by atoms with Crippen LogP contribution in [0.5, 0.6) is 0 Å². The van der Waals surface area contributed by atoms with Crippen molar-refractivity contribution >= 4 is 5.91 Å². The average molecular weight is 234 g/mol. The lowest BCUT2D eigenvalue weighted by Gasteiger charge is -2.24. The maximum Gasteiger partial charge on any atom is 0.240 e. The van der Waals surface area contributed by atoms with Gasteiger partial charge in [-0.15, -0.1) is 0 Å². The van der Waals surface area contributed by atoms with Crippen LogP contribution in [0, 0.1) is 11.8 Å². The zero-order valence-electron chi connectivity index (χ0n) is 10.1. The monoisotopic (exact) mass is 234 g/mol. The molecule has 1 N–H and O–H groups in total. The summed E-state index contributed by atoms with van der Waals surface area (Å²) in [6.07, 6.45) is 5.67. The summed E-state index contributed by atoms with van der Waals surface area (Å²) < 4.78 is 5.06. The summed E-state index contributed by atoms with van der Waals surface area (Å²) in [6, 6.07) is 1.93. The van der Waals surface area contributed by atoms with Gasteiger partial charge in [-0.1, -0.05) is 0 Å². The third-order valence-corrected chi connectivity index (χ3v) is 3.97. The minimum atomic E-state index is -0.000555. The molecule has 1 aliphatic carbocycles. The van der Waals surface area contributed by atoms with Crippen LogP contribution in [0.3, 0.4) is 0 Å². The number of furan rings is 1. The fourth-order valence-corrected chi connectivity index (χ4v) is 2.81. The molecule has 2 aliphatic rings. The van der Waals surface area contributed by atoms with Gasteiger partial charge in [0.25, 0.3) is 0 Å². The fourth-order valence-electron chi connectivity index (χ4n) is 2.81. The molecule has 3 atom stereocenters. The molecule has 0 bridgehead atoms. The van der Waals surface area contributed by atoms with Crippen molar-refractivity contribution in [1.29, 1.82) is 0 Å². The number of amides is 1. The first kappa shape index (κ1) is 10.8. The molecule has 1 aromatic heterocycles. The number of likely N-dealkylation sites (tertiary alicyclic amines) is 1. The van der Waals surface area contributed by atoms with Gasteiger partial charge in [-0.05, 0) is 37.8 Å². The molecule has 0 spiro atoms. The van der Waals surface area contributed by atoms with Crippen molar-refractivity contribution in [2.24, 2.45) is 11.8 Å². The number of rotatable bonds is 3. The van der Waals surface area contributed by atoms with Crippen molar-refractivity contribution in [3.63, 3.8) is 0 Å². The number of likely N-dealkylation sites (N-methyl/N-ethyl adjacent to an activating group) is 1. The smallest absolute Gasteiger partial charge is 0.240 e. The summed E-state index contributed by atoms with van der Waals surface area (Å²) in [7, 11) is 1.88. The molecule has 3 rings (SSSR count). The molecule has 4 heteroatoms. The second-order valence-corrected chi connectivity index (χ2v) is 5.18. The van der Waals surface area contributed by atoms with Crippen molar-refractivity contribution < 1.29 is 9.21 Å². The molecule has 1 aliphatic heterocycles. The Morgan fingerprint density at radius 1 is 1.47 bits per heavy atom. The molecule has 2 fully saturated rings. The third-order valence-electron chi connectivity index (χ3n) is 3.97. The quantitative estimate of drug-likeness (QED) is 0.855. The van der Waals surface area contributed by atoms with E-state index in [1.54, 1.807) is 12.5 Å². The number of nitrogens with one attached hydrogen (secondary N) is 1. The second-order valence-electron chi connectivity index (χ2n) is 5.18. The highest BCUT2D eigenvalue weighted by atomic mass is 16.3. The molecule has 17 heavy (non-hydrogen) atoms. The topological polar surface area (TPSA) is 45.5 Å². The molecule has 0 aromatic carbocycles. The van der Waals surface area contributed by atoms with E-state index in [2.05, 4.69) is 5.32 Å². The molecule has 2 heterocycles. The maximum atomic E-state index is 12.3. The Morgan fingerprint density at radius 3 is 3.06 bits per heavy atom. The normalized spacial score (nSPS) is 32.2. The largest absolute Gasteiger partial charge is 0.472 e. The molecule has 1 amide bonds. The van der Waals surface area contributed by atoms with Gasteiger partial charge in [0.1, 0.15) is 0 Å². The highest BCUT2D eigenvalue weighted by Crippen LogP contribution is 2.44. The van der Waals surface area contributed by atoms with Crippen LogP contribution in [-0.4, -0.2) is 30.4 Å². The first-order valence-electron chi connectivity index (χ1n) is 6.25. The Balaban J connectivity index is 1.74. The lowest BCUT2D eigenvalue weighted by molar-refractivity contribution is -0.133. The predicted octanol–water partition coefficient (Wildman–Crippen LogP) is 1.24. The predicted molar refractivity (Wildman–Crippen MR) is 63.2 cm³/mol. The van der Waals surface area contributed by atoms with E-state index in [1.165, 1.54) is 6.42 Å². The Hall–Kier alpha value is -1.29. The number of carbonyl (C=O) groups is 1. The number of carbonyl (C=O) groups excluding carboxylic acids is 1. The Kier molecular flexibility index (Phi) is 2.67. The summed E-state index contributed by atoms with van der Waals surface area (Å²) in [6.45, 7) is 1.59. The van der Waals surface area contributed by atoms with Crippen LogP contribution in [0.1, 0.15) is 18.4 Å². The molecular formula is C13H18N2O2. The SMILES string of the molecule is CNC1CC2CC2CN(Cc2ccoc2)C1=O. The van der Waals surface area contributed by atoms with Crippen molar-refractivity contribution in [2.45, 2.75) is 25.4 Å². The van der Waals surface area contributed by atoms with Gasteiger partial charge in [0.05, 0.1) is 18.6 Å². The third kappa shape index (κ3) is 2.09. The summed E-state index contributed by atoms with van der Waals surface area (Å²) in [5, 5.41) is 3.15. The van der Waals surface area contributed by atoms with Crippen LogP contribution < -0.4 is 5.32 Å². The summed E-state index contributed by atoms with van der Waals surface area (Å²) in [4.78, 5) is 14.3. The zero-order chi connectivity index (χ0) is 11.8. The van der Waals surface area contributed by atoms with Crippen LogP contribution in [0.25, 0.3) is 0 Å². The van der Waals surface area contributed by atoms with Gasteiger partial charge in [0.15, 0.2) is 0 Å². The second kappa shape index (κ2) is 4.18. The molecule has 1 aromatic rings. The van der Waals surface area contributed by atoms with Crippen LogP contribution in [0.4, 0.5) is 0 Å². The zero-order valence-corrected chi connectivity index (χ0v) is 10.1. The first-order chi connectivity index (χ1) is 8.28. The summed E-state index contributed by atoms with van der Waals surface area (Å²) in [5.41, 5.74) is 1.08. The number of hydrogen-bond donors (Lipinski definition) is 1. The standard InChI is InChI=1S/C13H18N2O2/c1-14-12-5-10-4-11(10)7-15(13(12)16)6-9-2-3-17-8-9/h2-3,8,10-12,14H,4-7H2,1H3. The highest BCUT2D eigenvalue weighted by molar-refractivity contribution is 5.82. The Morgan fingerprint density at radius 2 is 2.35 bits per heavy atom. The van der Waals surface area contributed by atoms with Crippen molar-refractivity contribution in [1.82, 2.24) is 10.2 Å². The van der Waals surface area contributed by atoms with E-state index in [0.29, 0.717) is 6.54 Å². The van der Waals surface area contributed by atoms with Gasteiger partial charge in [-0.25, -0.2) is 0 Å². The Bertz CT molecular complexity index is 402. The summed E-state index contributed by atoms with van der Waals surface area (Å²) >= 11 is 0. The molecule has 92 valence electrons. The number of fused-ring (bicyclic) bond motifs is 1. The van der Waals surface area contributed by atoms with Gasteiger partial charge >= 0.3 is 0 Å². The van der Waals surface area contributed by atoms with Crippen molar-refractivity contribution in [3.05, 3.63) is 24.2 Å². The molecule has 0 radical (unpaired) electrons. The van der Waals surface area contributed by atoms with Gasteiger partial charge in [0.2, 0.25) is 5.91 Å². The number of nitrogens with zero attached hydrogens (tertiary/aromatic N) is 1. The van der Waals surface area contributed by atoms with E-state index in [-0.39, 0.29) is 11.9 Å². The van der Waals surface area contributed by atoms with E-state index >= 15 is 0 Å². The van der Waals surface area contributed by atoms with Gasteiger partial charge in [-0.2, -0.15) is 0 Å². The molecule has 1 saturated heterocycles. The highest BCUT2D eigenvalue weighted by Gasteiger charge is 2.45. The van der Waals surface area contributed by atoms with Crippen molar-refractivity contribution in [3.8, 4) is 0 Å². The van der Waals surface area contributed by atoms with Crippen LogP contribution in [-0.2, 0) is 11.3 Å². The molecular weight excluding hydrogens is 216 g/mol. The van der Waals surface area contributed by atoms with Crippen LogP contribution >= 0.6 is 0 Å². The average Bonchev–Trinajstić information content (AvgIpc) is 2.86. The minimum absolute atomic E-state index is 0.000555. The molecule has 3 unspecified atom stereocenters. The first-order valence-corrected chi connectivity index (χ1v) is 6.25. The van der Waals surface area contributed by atoms with Crippen LogP contribution in [0.15, 0.2) is 23.0 Å². The van der Waals surface area contributed by atoms with E-state index in [4.69, 9.17) is 4.42 Å². The molecule has 4 nitrogen and oxygen atoms in total. The van der Waals surface area contributed by atoms with E-state index in [1.807, 2.05) is 18.0 Å². The lowest BCUT2D eigenvalue weighted by Crippen LogP contribution is -2.44. The van der Waals surface area contributed by atoms with E-state index < -0.39 is 0 Å². The van der Waals surface area contributed by atoms with E-state index in [9.17, 15) is 4.79 Å². The van der Waals surface area contributed by atoms with Gasteiger partial charge < -0.3 is 14.6 Å². The lowest BCUT2D eigenvalue weighted by atomic mass is 10.1. The molecule has 1 saturated carbocycles. The van der Waals surface area contributed by atoms with Gasteiger partial charge in [-0.3, -0.25) is 4.79 Å². The van der Waals surface area contributed by atoms with Gasteiger partial charge in [0, 0.05) is 18.7 Å². The van der Waals surface area contributed by atoms with Crippen molar-refractivity contribution in [2.75, 3.05) is 13.6 Å². The number of hydrogen-bond acceptors (Lipinski definition) is 3.